The minimum Gasteiger partial charge on any atom is -0.337 e. The molecule has 1 rings (SSSR count). The molecule has 0 radical (unpaired) electrons. The van der Waals surface area contributed by atoms with Gasteiger partial charge in [0.25, 0.3) is 0 Å². The Balaban J connectivity index is 3.01. The normalized spacial score (nSPS) is 14.6. The van der Waals surface area contributed by atoms with E-state index in [1.807, 2.05) is 22.6 Å². The lowest BCUT2D eigenvalue weighted by Crippen LogP contribution is -2.07. The van der Waals surface area contributed by atoms with Crippen LogP contribution in [0.3, 0.4) is 0 Å². The van der Waals surface area contributed by atoms with Gasteiger partial charge in [0, 0.05) is 28.8 Å². The van der Waals surface area contributed by atoms with E-state index in [0.29, 0.717) is 3.83 Å². The number of halogens is 1. The Morgan fingerprint density at radius 2 is 2.17 bits per heavy atom. The van der Waals surface area contributed by atoms with Crippen LogP contribution in [-0.2, 0) is 9.84 Å². The average Bonchev–Trinajstić information content (AvgIpc) is 2.32. The molecule has 0 aliphatic heterocycles. The number of nitrogens with zero attached hydrogens (tertiary/aromatic N) is 2. The molecule has 0 aliphatic carbocycles. The van der Waals surface area contributed by atoms with Gasteiger partial charge in [0.05, 0.1) is 0 Å². The van der Waals surface area contributed by atoms with E-state index in [2.05, 4.69) is 10.1 Å². The lowest BCUT2D eigenvalue weighted by Gasteiger charge is -2.00. The van der Waals surface area contributed by atoms with Gasteiger partial charge in [0.1, 0.15) is 5.25 Å². The van der Waals surface area contributed by atoms with E-state index in [9.17, 15) is 8.42 Å². The molecule has 0 aromatic carbocycles. The Morgan fingerprint density at radius 1 is 1.58 bits per heavy atom. The minimum atomic E-state index is -3.14. The summed E-state index contributed by atoms with van der Waals surface area (Å²) in [5.74, 6) is 0.141. The molecule has 0 amide bonds. The zero-order valence-corrected chi connectivity index (χ0v) is 9.46. The Morgan fingerprint density at radius 3 is 2.50 bits per heavy atom. The van der Waals surface area contributed by atoms with Gasteiger partial charge in [0.2, 0.25) is 9.72 Å². The monoisotopic (exact) mass is 302 g/mol. The second-order valence-corrected chi connectivity index (χ2v) is 5.70. The van der Waals surface area contributed by atoms with Crippen molar-refractivity contribution in [3.05, 3.63) is 9.72 Å². The van der Waals surface area contributed by atoms with Gasteiger partial charge in [-0.15, -0.1) is 0 Å². The van der Waals surface area contributed by atoms with Gasteiger partial charge < -0.3 is 4.52 Å². The number of hydrogen-bond acceptors (Lipinski definition) is 5. The molecular weight excluding hydrogens is 295 g/mol. The van der Waals surface area contributed by atoms with Crippen LogP contribution in [0.2, 0.25) is 0 Å². The third-order valence-electron chi connectivity index (χ3n) is 1.41. The Kier molecular flexibility index (Phi) is 2.71. The van der Waals surface area contributed by atoms with Crippen molar-refractivity contribution in [2.24, 2.45) is 0 Å². The summed E-state index contributed by atoms with van der Waals surface area (Å²) in [6.45, 7) is 1.51. The molecule has 5 nitrogen and oxygen atoms in total. The van der Waals surface area contributed by atoms with Gasteiger partial charge in [-0.05, 0) is 6.92 Å². The van der Waals surface area contributed by atoms with Crippen molar-refractivity contribution in [1.29, 1.82) is 0 Å². The van der Waals surface area contributed by atoms with Gasteiger partial charge in [-0.25, -0.2) is 8.42 Å². The minimum absolute atomic E-state index is 0.141. The van der Waals surface area contributed by atoms with Crippen molar-refractivity contribution in [1.82, 2.24) is 10.1 Å². The van der Waals surface area contributed by atoms with Gasteiger partial charge in [-0.1, -0.05) is 5.16 Å². The van der Waals surface area contributed by atoms with Crippen LogP contribution in [0.15, 0.2) is 4.52 Å². The van der Waals surface area contributed by atoms with Crippen LogP contribution in [0, 0.1) is 3.83 Å². The maximum Gasteiger partial charge on any atom is 0.245 e. The molecule has 0 fully saturated rings. The molecule has 12 heavy (non-hydrogen) atoms. The van der Waals surface area contributed by atoms with Crippen LogP contribution >= 0.6 is 22.6 Å². The molecule has 1 unspecified atom stereocenters. The Bertz CT molecular complexity index is 372. The molecule has 0 spiro atoms. The maximum absolute atomic E-state index is 11.0. The molecular formula is C5H7IN2O3S. The highest BCUT2D eigenvalue weighted by molar-refractivity contribution is 14.1. The van der Waals surface area contributed by atoms with Crippen LogP contribution in [0.5, 0.6) is 0 Å². The topological polar surface area (TPSA) is 73.1 Å². The van der Waals surface area contributed by atoms with Crippen LogP contribution in [-0.4, -0.2) is 24.8 Å². The fraction of sp³-hybridized carbons (Fsp3) is 0.600. The number of hydrogen-bond donors (Lipinski definition) is 0. The van der Waals surface area contributed by atoms with Gasteiger partial charge in [0.15, 0.2) is 9.84 Å². The molecule has 0 N–H and O–H groups in total. The fourth-order valence-corrected chi connectivity index (χ4v) is 1.36. The van der Waals surface area contributed by atoms with E-state index in [1.165, 1.54) is 6.92 Å². The van der Waals surface area contributed by atoms with E-state index in [-0.39, 0.29) is 5.89 Å². The van der Waals surface area contributed by atoms with E-state index >= 15 is 0 Å². The first-order valence-corrected chi connectivity index (χ1v) is 6.12. The summed E-state index contributed by atoms with van der Waals surface area (Å²) in [4.78, 5) is 3.81. The van der Waals surface area contributed by atoms with Crippen LogP contribution in [0.25, 0.3) is 0 Å². The van der Waals surface area contributed by atoms with Crippen LogP contribution < -0.4 is 0 Å². The first-order chi connectivity index (χ1) is 5.41. The lowest BCUT2D eigenvalue weighted by atomic mass is 10.5. The van der Waals surface area contributed by atoms with Crippen molar-refractivity contribution >= 4 is 32.4 Å². The predicted octanol–water partition coefficient (Wildman–Crippen LogP) is 0.780. The van der Waals surface area contributed by atoms with Gasteiger partial charge >= 0.3 is 0 Å². The van der Waals surface area contributed by atoms with Gasteiger partial charge in [-0.2, -0.15) is 4.98 Å². The molecule has 7 heteroatoms. The standard InChI is InChI=1S/C5H7IN2O3S/c1-3(12(2,9)10)4-7-5(6)8-11-4/h3H,1-2H3. The lowest BCUT2D eigenvalue weighted by molar-refractivity contribution is 0.373. The molecule has 1 heterocycles. The number of aromatic nitrogens is 2. The molecule has 1 aromatic rings. The Labute approximate surface area is 83.6 Å². The second-order valence-electron chi connectivity index (χ2n) is 2.37. The molecule has 1 atom stereocenters. The summed E-state index contributed by atoms with van der Waals surface area (Å²) in [6.07, 6.45) is 1.13. The molecule has 0 saturated heterocycles. The first kappa shape index (κ1) is 9.90. The summed E-state index contributed by atoms with van der Waals surface area (Å²) in [6, 6.07) is 0. The van der Waals surface area contributed by atoms with Gasteiger partial charge in [-0.3, -0.25) is 0 Å². The SMILES string of the molecule is CC(c1nc(I)no1)S(C)(=O)=O. The summed E-state index contributed by atoms with van der Waals surface area (Å²) in [5, 5.41) is 2.76. The van der Waals surface area contributed by atoms with Crippen molar-refractivity contribution in [3.63, 3.8) is 0 Å². The quantitative estimate of drug-likeness (QED) is 0.755. The first-order valence-electron chi connectivity index (χ1n) is 3.09. The average molecular weight is 302 g/mol. The summed E-state index contributed by atoms with van der Waals surface area (Å²) < 4.78 is 27.1. The molecule has 0 saturated carbocycles. The van der Waals surface area contributed by atoms with E-state index in [0.717, 1.165) is 6.26 Å². The molecule has 0 aliphatic rings. The van der Waals surface area contributed by atoms with Crippen molar-refractivity contribution < 1.29 is 12.9 Å². The zero-order chi connectivity index (χ0) is 9.35. The number of rotatable bonds is 2. The van der Waals surface area contributed by atoms with Crippen molar-refractivity contribution in [2.75, 3.05) is 6.26 Å². The zero-order valence-electron chi connectivity index (χ0n) is 6.48. The maximum atomic E-state index is 11.0. The third kappa shape index (κ3) is 2.16. The van der Waals surface area contributed by atoms with E-state index in [4.69, 9.17) is 4.52 Å². The van der Waals surface area contributed by atoms with E-state index < -0.39 is 15.1 Å². The predicted molar refractivity (Wildman–Crippen MR) is 50.3 cm³/mol. The molecule has 0 bridgehead atoms. The highest BCUT2D eigenvalue weighted by Gasteiger charge is 2.23. The summed E-state index contributed by atoms with van der Waals surface area (Å²) in [5.41, 5.74) is 0. The van der Waals surface area contributed by atoms with E-state index in [1.54, 1.807) is 0 Å². The number of sulfone groups is 1. The molecule has 68 valence electrons. The highest BCUT2D eigenvalue weighted by atomic mass is 127. The van der Waals surface area contributed by atoms with Crippen molar-refractivity contribution in [3.8, 4) is 0 Å². The Hall–Kier alpha value is -0.180. The van der Waals surface area contributed by atoms with Crippen LogP contribution in [0.4, 0.5) is 0 Å². The highest BCUT2D eigenvalue weighted by Crippen LogP contribution is 2.18. The van der Waals surface area contributed by atoms with Crippen molar-refractivity contribution in [2.45, 2.75) is 12.2 Å². The molecule has 1 aromatic heterocycles. The largest absolute Gasteiger partial charge is 0.337 e. The fourth-order valence-electron chi connectivity index (χ4n) is 0.564. The summed E-state index contributed by atoms with van der Waals surface area (Å²) >= 11 is 1.85. The smallest absolute Gasteiger partial charge is 0.245 e. The summed E-state index contributed by atoms with van der Waals surface area (Å²) in [7, 11) is -3.14. The second kappa shape index (κ2) is 3.29. The third-order valence-corrected chi connectivity index (χ3v) is 3.33. The van der Waals surface area contributed by atoms with Crippen LogP contribution in [0.1, 0.15) is 18.1 Å².